The number of ether oxygens (including phenoxy) is 1. The van der Waals surface area contributed by atoms with Crippen molar-refractivity contribution in [2.24, 2.45) is 11.0 Å². The Kier molecular flexibility index (Phi) is 6.78. The SMILES string of the molecule is O=C(Oc1cccc(/C=N/NC(=O)C2CC2(c2ccccc2)c2ccccc2)c1)c1ccc([N+](=O)[O-])cc1. The molecule has 1 N–H and O–H groups in total. The standard InChI is InChI=1S/C30H23N3O5/c34-28(27-19-30(27,23-9-3-1-4-10-23)24-11-5-2-6-12-24)32-31-20-21-8-7-13-26(18-21)38-29(35)22-14-16-25(17-15-22)33(36)37/h1-18,20,27H,19H2,(H,32,34)/b31-20+. The third-order valence-electron chi connectivity index (χ3n) is 6.63. The van der Waals surface area contributed by atoms with E-state index in [2.05, 4.69) is 10.5 Å². The lowest BCUT2D eigenvalue weighted by atomic mass is 9.85. The number of carbonyl (C=O) groups is 2. The minimum atomic E-state index is -0.644. The smallest absolute Gasteiger partial charge is 0.343 e. The van der Waals surface area contributed by atoms with E-state index in [-0.39, 0.29) is 34.2 Å². The Labute approximate surface area is 218 Å². The number of rotatable bonds is 8. The quantitative estimate of drug-likeness (QED) is 0.115. The number of benzene rings is 4. The van der Waals surface area contributed by atoms with Crippen LogP contribution in [0.25, 0.3) is 0 Å². The third-order valence-corrected chi connectivity index (χ3v) is 6.63. The van der Waals surface area contributed by atoms with Crippen LogP contribution in [0.3, 0.4) is 0 Å². The molecule has 0 bridgehead atoms. The molecule has 188 valence electrons. The second kappa shape index (κ2) is 10.5. The van der Waals surface area contributed by atoms with Crippen molar-refractivity contribution in [3.63, 3.8) is 0 Å². The Balaban J connectivity index is 1.24. The highest BCUT2D eigenvalue weighted by Gasteiger charge is 2.60. The van der Waals surface area contributed by atoms with Crippen LogP contribution in [0.15, 0.2) is 114 Å². The molecular formula is C30H23N3O5. The van der Waals surface area contributed by atoms with E-state index in [0.717, 1.165) is 11.1 Å². The number of non-ortho nitro benzene ring substituents is 1. The molecule has 0 radical (unpaired) electrons. The molecule has 0 spiro atoms. The van der Waals surface area contributed by atoms with E-state index in [0.29, 0.717) is 12.0 Å². The van der Waals surface area contributed by atoms with Crippen LogP contribution in [0, 0.1) is 16.0 Å². The first-order valence-corrected chi connectivity index (χ1v) is 12.0. The maximum absolute atomic E-state index is 13.1. The second-order valence-corrected chi connectivity index (χ2v) is 8.96. The van der Waals surface area contributed by atoms with Crippen molar-refractivity contribution in [3.05, 3.63) is 142 Å². The highest BCUT2D eigenvalue weighted by atomic mass is 16.6. The Morgan fingerprint density at radius 2 is 1.53 bits per heavy atom. The van der Waals surface area contributed by atoms with Gasteiger partial charge in [-0.2, -0.15) is 5.10 Å². The molecule has 0 aromatic heterocycles. The summed E-state index contributed by atoms with van der Waals surface area (Å²) in [7, 11) is 0. The van der Waals surface area contributed by atoms with Crippen molar-refractivity contribution in [1.29, 1.82) is 0 Å². The zero-order valence-corrected chi connectivity index (χ0v) is 20.2. The number of nitrogens with one attached hydrogen (secondary N) is 1. The molecule has 1 unspecified atom stereocenters. The minimum absolute atomic E-state index is 0.113. The molecule has 1 saturated carbocycles. The second-order valence-electron chi connectivity index (χ2n) is 8.96. The molecule has 0 saturated heterocycles. The van der Waals surface area contributed by atoms with Gasteiger partial charge in [-0.05, 0) is 47.4 Å². The summed E-state index contributed by atoms with van der Waals surface area (Å²) < 4.78 is 5.38. The van der Waals surface area contributed by atoms with Crippen molar-refractivity contribution in [2.75, 3.05) is 0 Å². The number of nitro benzene ring substituents is 1. The molecule has 38 heavy (non-hydrogen) atoms. The van der Waals surface area contributed by atoms with Gasteiger partial charge < -0.3 is 4.74 Å². The lowest BCUT2D eigenvalue weighted by Gasteiger charge is -2.18. The molecule has 1 aliphatic carbocycles. The lowest BCUT2D eigenvalue weighted by Crippen LogP contribution is -2.25. The number of nitro groups is 1. The van der Waals surface area contributed by atoms with Gasteiger partial charge in [-0.1, -0.05) is 72.8 Å². The molecule has 1 amide bonds. The maximum atomic E-state index is 13.1. The number of hydrogen-bond donors (Lipinski definition) is 1. The summed E-state index contributed by atoms with van der Waals surface area (Å²) in [6, 6.07) is 31.9. The van der Waals surface area contributed by atoms with E-state index >= 15 is 0 Å². The van der Waals surface area contributed by atoms with Gasteiger partial charge in [0.25, 0.3) is 5.69 Å². The van der Waals surface area contributed by atoms with Crippen LogP contribution in [-0.2, 0) is 10.2 Å². The van der Waals surface area contributed by atoms with Crippen molar-refractivity contribution in [3.8, 4) is 5.75 Å². The largest absolute Gasteiger partial charge is 0.423 e. The minimum Gasteiger partial charge on any atom is -0.423 e. The predicted molar refractivity (Wildman–Crippen MR) is 142 cm³/mol. The summed E-state index contributed by atoms with van der Waals surface area (Å²) in [6.45, 7) is 0. The molecule has 4 aromatic carbocycles. The lowest BCUT2D eigenvalue weighted by molar-refractivity contribution is -0.384. The number of amides is 1. The zero-order valence-electron chi connectivity index (χ0n) is 20.2. The van der Waals surface area contributed by atoms with Crippen molar-refractivity contribution in [2.45, 2.75) is 11.8 Å². The van der Waals surface area contributed by atoms with Gasteiger partial charge in [-0.3, -0.25) is 14.9 Å². The fourth-order valence-electron chi connectivity index (χ4n) is 4.65. The van der Waals surface area contributed by atoms with Crippen LogP contribution in [-0.4, -0.2) is 23.0 Å². The third kappa shape index (κ3) is 5.05. The number of hydrogen-bond acceptors (Lipinski definition) is 6. The number of esters is 1. The molecule has 1 aliphatic rings. The summed E-state index contributed by atoms with van der Waals surface area (Å²) >= 11 is 0. The van der Waals surface area contributed by atoms with E-state index in [4.69, 9.17) is 4.74 Å². The van der Waals surface area contributed by atoms with E-state index < -0.39 is 10.9 Å². The summed E-state index contributed by atoms with van der Waals surface area (Å²) in [6.07, 6.45) is 2.17. The Morgan fingerprint density at radius 1 is 0.895 bits per heavy atom. The van der Waals surface area contributed by atoms with Crippen molar-refractivity contribution < 1.29 is 19.2 Å². The van der Waals surface area contributed by atoms with Crippen LogP contribution in [0.4, 0.5) is 5.69 Å². The molecule has 0 heterocycles. The van der Waals surface area contributed by atoms with E-state index in [9.17, 15) is 19.7 Å². The Hall–Kier alpha value is -5.11. The number of hydrazone groups is 1. The first-order chi connectivity index (χ1) is 18.5. The average Bonchev–Trinajstić information content (AvgIpc) is 3.72. The highest BCUT2D eigenvalue weighted by Crippen LogP contribution is 2.58. The zero-order chi connectivity index (χ0) is 26.5. The van der Waals surface area contributed by atoms with Gasteiger partial charge in [-0.15, -0.1) is 0 Å². The van der Waals surface area contributed by atoms with Crippen LogP contribution in [0.2, 0.25) is 0 Å². The fourth-order valence-corrected chi connectivity index (χ4v) is 4.65. The summed E-state index contributed by atoms with van der Waals surface area (Å²) in [4.78, 5) is 35.7. The van der Waals surface area contributed by atoms with Gasteiger partial charge in [-0.25, -0.2) is 10.2 Å². The predicted octanol–water partition coefficient (Wildman–Crippen LogP) is 5.27. The van der Waals surface area contributed by atoms with Gasteiger partial charge in [0.05, 0.1) is 22.6 Å². The fraction of sp³-hybridized carbons (Fsp3) is 0.100. The number of nitrogens with zero attached hydrogens (tertiary/aromatic N) is 2. The van der Waals surface area contributed by atoms with Crippen molar-refractivity contribution >= 4 is 23.8 Å². The molecule has 5 rings (SSSR count). The van der Waals surface area contributed by atoms with Gasteiger partial charge in [0.15, 0.2) is 0 Å². The molecule has 0 aliphatic heterocycles. The van der Waals surface area contributed by atoms with Crippen molar-refractivity contribution in [1.82, 2.24) is 5.43 Å². The summed E-state index contributed by atoms with van der Waals surface area (Å²) in [5.41, 5.74) is 5.16. The molecule has 4 aromatic rings. The van der Waals surface area contributed by atoms with Crippen LogP contribution >= 0.6 is 0 Å². The maximum Gasteiger partial charge on any atom is 0.343 e. The van der Waals surface area contributed by atoms with Gasteiger partial charge >= 0.3 is 5.97 Å². The molecule has 1 fully saturated rings. The van der Waals surface area contributed by atoms with Gasteiger partial charge in [0, 0.05) is 17.5 Å². The monoisotopic (exact) mass is 505 g/mol. The summed E-state index contributed by atoms with van der Waals surface area (Å²) in [5.74, 6) is -0.791. The summed E-state index contributed by atoms with van der Waals surface area (Å²) in [5, 5.41) is 14.9. The van der Waals surface area contributed by atoms with Crippen LogP contribution in [0.1, 0.15) is 33.5 Å². The van der Waals surface area contributed by atoms with E-state index in [1.807, 2.05) is 60.7 Å². The molecular weight excluding hydrogens is 482 g/mol. The molecule has 1 atom stereocenters. The highest BCUT2D eigenvalue weighted by molar-refractivity contribution is 5.92. The molecule has 8 heteroatoms. The first kappa shape index (κ1) is 24.6. The van der Waals surface area contributed by atoms with E-state index in [1.165, 1.54) is 30.5 Å². The number of carbonyl (C=O) groups excluding carboxylic acids is 2. The Bertz CT molecular complexity index is 1460. The van der Waals surface area contributed by atoms with Gasteiger partial charge in [0.2, 0.25) is 5.91 Å². The Morgan fingerprint density at radius 3 is 2.13 bits per heavy atom. The first-order valence-electron chi connectivity index (χ1n) is 12.0. The van der Waals surface area contributed by atoms with Crippen LogP contribution in [0.5, 0.6) is 5.75 Å². The molecule has 8 nitrogen and oxygen atoms in total. The van der Waals surface area contributed by atoms with Crippen LogP contribution < -0.4 is 10.2 Å². The topological polar surface area (TPSA) is 111 Å². The normalized spacial score (nSPS) is 15.5. The van der Waals surface area contributed by atoms with Gasteiger partial charge in [0.1, 0.15) is 5.75 Å². The average molecular weight is 506 g/mol. The van der Waals surface area contributed by atoms with E-state index in [1.54, 1.807) is 24.3 Å².